The molecule has 0 bridgehead atoms. The van der Waals surface area contributed by atoms with Crippen LogP contribution in [-0.4, -0.2) is 17.0 Å². The van der Waals surface area contributed by atoms with E-state index in [1.54, 1.807) is 0 Å². The quantitative estimate of drug-likeness (QED) is 0.327. The van der Waals surface area contributed by atoms with Crippen molar-refractivity contribution in [1.82, 2.24) is 0 Å². The van der Waals surface area contributed by atoms with Gasteiger partial charge in [-0.1, -0.05) is 34.6 Å². The highest BCUT2D eigenvalue weighted by atomic mass is 17.3. The Morgan fingerprint density at radius 1 is 0.870 bits per heavy atom. The van der Waals surface area contributed by atoms with Gasteiger partial charge >= 0.3 is 0 Å². The first-order chi connectivity index (χ1) is 10.5. The number of hydrogen-bond donors (Lipinski definition) is 0. The lowest BCUT2D eigenvalue weighted by Gasteiger charge is -2.46. The second-order valence-electron chi connectivity index (χ2n) is 8.68. The fraction of sp³-hybridized carbons (Fsp3) is 1.00. The fourth-order valence-corrected chi connectivity index (χ4v) is 2.75. The largest absolute Gasteiger partial charge is 0.237 e. The molecule has 0 spiro atoms. The predicted molar refractivity (Wildman–Crippen MR) is 92.5 cm³/mol. The van der Waals surface area contributed by atoms with Crippen molar-refractivity contribution >= 4 is 0 Å². The molecular weight excluding hydrogens is 292 g/mol. The van der Waals surface area contributed by atoms with Crippen molar-refractivity contribution in [1.29, 1.82) is 0 Å². The molecule has 0 aromatic heterocycles. The Kier molecular flexibility index (Phi) is 7.10. The minimum atomic E-state index is -0.851. The molecule has 0 saturated heterocycles. The van der Waals surface area contributed by atoms with E-state index in [1.165, 1.54) is 6.42 Å². The molecule has 1 saturated carbocycles. The van der Waals surface area contributed by atoms with Gasteiger partial charge in [0, 0.05) is 12.3 Å². The van der Waals surface area contributed by atoms with Crippen molar-refractivity contribution in [3.05, 3.63) is 0 Å². The summed E-state index contributed by atoms with van der Waals surface area (Å²) in [6.07, 6.45) is 3.68. The van der Waals surface area contributed by atoms with E-state index < -0.39 is 5.79 Å². The second-order valence-corrected chi connectivity index (χ2v) is 8.68. The third-order valence-corrected chi connectivity index (χ3v) is 5.47. The van der Waals surface area contributed by atoms with Crippen LogP contribution in [0.3, 0.4) is 0 Å². The van der Waals surface area contributed by atoms with Gasteiger partial charge in [0.15, 0.2) is 0 Å². The molecule has 3 unspecified atom stereocenters. The monoisotopic (exact) mass is 330 g/mol. The Morgan fingerprint density at radius 3 is 1.70 bits per heavy atom. The van der Waals surface area contributed by atoms with Crippen LogP contribution >= 0.6 is 0 Å². The molecule has 0 aromatic rings. The molecule has 0 N–H and O–H groups in total. The van der Waals surface area contributed by atoms with Crippen LogP contribution in [0.2, 0.25) is 0 Å². The summed E-state index contributed by atoms with van der Waals surface area (Å²) in [5, 5.41) is 0. The van der Waals surface area contributed by atoms with Gasteiger partial charge in [0.25, 0.3) is 0 Å². The molecule has 0 heterocycles. The molecule has 23 heavy (non-hydrogen) atoms. The molecule has 0 aromatic carbocycles. The highest BCUT2D eigenvalue weighted by Gasteiger charge is 2.50. The second kappa shape index (κ2) is 7.81. The summed E-state index contributed by atoms with van der Waals surface area (Å²) >= 11 is 0. The highest BCUT2D eigenvalue weighted by Crippen LogP contribution is 2.45. The molecule has 0 amide bonds. The molecule has 1 fully saturated rings. The van der Waals surface area contributed by atoms with Crippen molar-refractivity contribution < 1.29 is 19.6 Å². The van der Waals surface area contributed by atoms with Crippen LogP contribution in [0.5, 0.6) is 0 Å². The molecule has 1 rings (SSSR count). The summed E-state index contributed by atoms with van der Waals surface area (Å²) in [5.74, 6) is 0.331. The van der Waals surface area contributed by atoms with Gasteiger partial charge in [-0.25, -0.2) is 9.78 Å². The Morgan fingerprint density at radius 2 is 1.30 bits per heavy atom. The summed E-state index contributed by atoms with van der Waals surface area (Å²) < 4.78 is 0. The van der Waals surface area contributed by atoms with Crippen LogP contribution < -0.4 is 0 Å². The third-order valence-electron chi connectivity index (χ3n) is 5.47. The van der Waals surface area contributed by atoms with E-state index in [1.807, 2.05) is 27.7 Å². The van der Waals surface area contributed by atoms with Gasteiger partial charge in [-0.05, 0) is 58.8 Å². The molecule has 3 atom stereocenters. The Labute approximate surface area is 143 Å². The Hall–Kier alpha value is -0.160. The summed E-state index contributed by atoms with van der Waals surface area (Å²) in [4.78, 5) is 23.5. The van der Waals surface area contributed by atoms with Crippen LogP contribution in [0.4, 0.5) is 0 Å². The first-order valence-electron chi connectivity index (χ1n) is 9.20. The average Bonchev–Trinajstić information content (AvgIpc) is 2.48. The van der Waals surface area contributed by atoms with E-state index >= 15 is 0 Å². The van der Waals surface area contributed by atoms with Gasteiger partial charge in [0.05, 0.1) is 11.2 Å². The van der Waals surface area contributed by atoms with Crippen molar-refractivity contribution in [2.75, 3.05) is 0 Å². The third kappa shape index (κ3) is 5.70. The van der Waals surface area contributed by atoms with Gasteiger partial charge in [-0.15, -0.1) is 0 Å². The molecule has 4 heteroatoms. The molecule has 138 valence electrons. The maximum absolute atomic E-state index is 5.97. The number of rotatable bonds is 8. The molecule has 1 aliphatic rings. The fourth-order valence-electron chi connectivity index (χ4n) is 2.75. The van der Waals surface area contributed by atoms with Gasteiger partial charge in [0.1, 0.15) is 0 Å². The van der Waals surface area contributed by atoms with Gasteiger partial charge in [0.2, 0.25) is 5.79 Å². The maximum atomic E-state index is 5.97. The zero-order valence-corrected chi connectivity index (χ0v) is 16.7. The van der Waals surface area contributed by atoms with E-state index in [0.29, 0.717) is 11.8 Å². The predicted octanol–water partition coefficient (Wildman–Crippen LogP) is 5.66. The van der Waals surface area contributed by atoms with Crippen molar-refractivity contribution in [2.45, 2.75) is 105 Å². The van der Waals surface area contributed by atoms with Crippen LogP contribution in [0.1, 0.15) is 88.0 Å². The Bertz CT molecular complexity index is 344. The minimum absolute atomic E-state index is 0.194. The molecule has 4 nitrogen and oxygen atoms in total. The van der Waals surface area contributed by atoms with Crippen LogP contribution in [0.15, 0.2) is 0 Å². The van der Waals surface area contributed by atoms with Gasteiger partial charge in [-0.2, -0.15) is 9.78 Å². The zero-order valence-electron chi connectivity index (χ0n) is 16.7. The molecule has 0 radical (unpaired) electrons. The molecular formula is C19H38O4. The molecule has 0 aliphatic heterocycles. The van der Waals surface area contributed by atoms with Gasteiger partial charge < -0.3 is 0 Å². The van der Waals surface area contributed by atoms with Crippen LogP contribution in [0, 0.1) is 17.8 Å². The van der Waals surface area contributed by atoms with Crippen molar-refractivity contribution in [3.63, 3.8) is 0 Å². The summed E-state index contributed by atoms with van der Waals surface area (Å²) in [6.45, 7) is 18.9. The average molecular weight is 331 g/mol. The van der Waals surface area contributed by atoms with Crippen molar-refractivity contribution in [3.8, 4) is 0 Å². The Balaban J connectivity index is 2.94. The SMILES string of the molecule is CCC(C)(C)OOC1(OOC(C)(C)CC)CC(C)CC(C)C1C. The van der Waals surface area contributed by atoms with E-state index in [9.17, 15) is 0 Å². The van der Waals surface area contributed by atoms with Crippen LogP contribution in [0.25, 0.3) is 0 Å². The van der Waals surface area contributed by atoms with E-state index in [2.05, 4.69) is 34.6 Å². The normalized spacial score (nSPS) is 28.8. The van der Waals surface area contributed by atoms with Crippen molar-refractivity contribution in [2.24, 2.45) is 17.8 Å². The minimum Gasteiger partial charge on any atom is -0.228 e. The van der Waals surface area contributed by atoms with E-state index in [4.69, 9.17) is 19.6 Å². The molecule has 1 aliphatic carbocycles. The number of hydrogen-bond acceptors (Lipinski definition) is 4. The lowest BCUT2D eigenvalue weighted by atomic mass is 9.72. The zero-order chi connectivity index (χ0) is 17.9. The maximum Gasteiger partial charge on any atom is 0.237 e. The summed E-state index contributed by atoms with van der Waals surface area (Å²) in [5.41, 5.74) is -0.694. The standard InChI is InChI=1S/C19H38O4/c1-10-17(6,7)20-22-19(23-21-18(8,9)11-2)13-14(3)12-15(4)16(19)5/h14-16H,10-13H2,1-9H3. The first kappa shape index (κ1) is 20.9. The first-order valence-corrected chi connectivity index (χ1v) is 9.20. The van der Waals surface area contributed by atoms with Crippen LogP contribution in [-0.2, 0) is 19.6 Å². The topological polar surface area (TPSA) is 36.9 Å². The lowest BCUT2D eigenvalue weighted by Crippen LogP contribution is -2.52. The van der Waals surface area contributed by atoms with Gasteiger partial charge in [-0.3, -0.25) is 0 Å². The smallest absolute Gasteiger partial charge is 0.228 e. The summed E-state index contributed by atoms with van der Waals surface area (Å²) in [7, 11) is 0. The lowest BCUT2D eigenvalue weighted by molar-refractivity contribution is -0.561. The summed E-state index contributed by atoms with van der Waals surface area (Å²) in [6, 6.07) is 0. The highest BCUT2D eigenvalue weighted by molar-refractivity contribution is 4.87. The van der Waals surface area contributed by atoms with E-state index in [0.717, 1.165) is 19.3 Å². The van der Waals surface area contributed by atoms with E-state index in [-0.39, 0.29) is 17.1 Å².